The van der Waals surface area contributed by atoms with Crippen LogP contribution in [0.25, 0.3) is 6.08 Å². The molecule has 7 heteroatoms. The van der Waals surface area contributed by atoms with E-state index in [-0.39, 0.29) is 5.91 Å². The maximum absolute atomic E-state index is 13.0. The summed E-state index contributed by atoms with van der Waals surface area (Å²) in [4.78, 5) is 15.2. The Hall–Kier alpha value is -3.29. The molecule has 1 amide bonds. The molecule has 0 aromatic heterocycles. The van der Waals surface area contributed by atoms with Crippen LogP contribution < -0.4 is 19.1 Å². The van der Waals surface area contributed by atoms with Gasteiger partial charge >= 0.3 is 0 Å². The summed E-state index contributed by atoms with van der Waals surface area (Å²) in [6, 6.07) is 23.3. The SMILES string of the molecule is CCOc1cc(C=C2SC(=S)N(c3ccccc3)C2=O)ccc1OCCCOc1ccc(CC)cc1. The van der Waals surface area contributed by atoms with Crippen molar-refractivity contribution in [3.05, 3.63) is 88.8 Å². The van der Waals surface area contributed by atoms with Gasteiger partial charge in [0.15, 0.2) is 15.8 Å². The number of hydrogen-bond donors (Lipinski definition) is 0. The minimum absolute atomic E-state index is 0.126. The van der Waals surface area contributed by atoms with Crippen LogP contribution in [0.15, 0.2) is 77.7 Å². The molecule has 1 heterocycles. The Kier molecular flexibility index (Phi) is 9.03. The third-order valence-electron chi connectivity index (χ3n) is 5.52. The largest absolute Gasteiger partial charge is 0.493 e. The fourth-order valence-electron chi connectivity index (χ4n) is 3.67. The van der Waals surface area contributed by atoms with Crippen molar-refractivity contribution in [1.82, 2.24) is 0 Å². The lowest BCUT2D eigenvalue weighted by Crippen LogP contribution is -2.27. The van der Waals surface area contributed by atoms with Crippen molar-refractivity contribution in [3.8, 4) is 17.2 Å². The molecule has 3 aromatic carbocycles. The number of anilines is 1. The minimum Gasteiger partial charge on any atom is -0.493 e. The molecule has 0 unspecified atom stereocenters. The molecule has 1 aliphatic heterocycles. The molecule has 0 saturated carbocycles. The van der Waals surface area contributed by atoms with E-state index < -0.39 is 0 Å². The topological polar surface area (TPSA) is 48.0 Å². The van der Waals surface area contributed by atoms with E-state index in [4.69, 9.17) is 26.4 Å². The van der Waals surface area contributed by atoms with E-state index in [1.165, 1.54) is 17.3 Å². The van der Waals surface area contributed by atoms with E-state index in [9.17, 15) is 4.79 Å². The molecular weight excluding hydrogens is 490 g/mol. The summed E-state index contributed by atoms with van der Waals surface area (Å²) < 4.78 is 18.1. The molecule has 1 aliphatic rings. The second kappa shape index (κ2) is 12.6. The number of hydrogen-bond acceptors (Lipinski definition) is 6. The summed E-state index contributed by atoms with van der Waals surface area (Å²) in [5.41, 5.74) is 2.91. The zero-order valence-corrected chi connectivity index (χ0v) is 22.1. The van der Waals surface area contributed by atoms with Crippen LogP contribution in [0.3, 0.4) is 0 Å². The van der Waals surface area contributed by atoms with Crippen molar-refractivity contribution in [1.29, 1.82) is 0 Å². The van der Waals surface area contributed by atoms with Crippen molar-refractivity contribution in [3.63, 3.8) is 0 Å². The first kappa shape index (κ1) is 25.8. The predicted octanol–water partition coefficient (Wildman–Crippen LogP) is 6.90. The lowest BCUT2D eigenvalue weighted by Gasteiger charge is -2.14. The third kappa shape index (κ3) is 6.47. The number of benzene rings is 3. The monoisotopic (exact) mass is 519 g/mol. The van der Waals surface area contributed by atoms with Gasteiger partial charge in [-0.15, -0.1) is 0 Å². The lowest BCUT2D eigenvalue weighted by atomic mass is 10.1. The molecule has 3 aromatic rings. The molecule has 4 rings (SSSR count). The molecule has 186 valence electrons. The molecule has 0 bridgehead atoms. The Labute approximate surface area is 222 Å². The summed E-state index contributed by atoms with van der Waals surface area (Å²) >= 11 is 6.76. The second-order valence-electron chi connectivity index (χ2n) is 8.04. The Morgan fingerprint density at radius 2 is 1.64 bits per heavy atom. The quantitative estimate of drug-likeness (QED) is 0.156. The number of nitrogens with zero attached hydrogens (tertiary/aromatic N) is 1. The number of aryl methyl sites for hydroxylation is 1. The Morgan fingerprint density at radius 1 is 0.889 bits per heavy atom. The summed E-state index contributed by atoms with van der Waals surface area (Å²) in [6.07, 6.45) is 3.60. The molecule has 1 fully saturated rings. The van der Waals surface area contributed by atoms with Crippen LogP contribution in [0.1, 0.15) is 31.4 Å². The van der Waals surface area contributed by atoms with Gasteiger partial charge in [-0.25, -0.2) is 0 Å². The van der Waals surface area contributed by atoms with Gasteiger partial charge in [0.05, 0.1) is 30.4 Å². The number of ether oxygens (including phenoxy) is 3. The number of carbonyl (C=O) groups is 1. The van der Waals surface area contributed by atoms with Gasteiger partial charge in [0.1, 0.15) is 5.75 Å². The Morgan fingerprint density at radius 3 is 2.36 bits per heavy atom. The van der Waals surface area contributed by atoms with Gasteiger partial charge in [-0.05, 0) is 66.9 Å². The van der Waals surface area contributed by atoms with Crippen LogP contribution in [0.4, 0.5) is 5.69 Å². The molecule has 5 nitrogen and oxygen atoms in total. The predicted molar refractivity (Wildman–Crippen MR) is 151 cm³/mol. The van der Waals surface area contributed by atoms with Gasteiger partial charge in [-0.2, -0.15) is 0 Å². The molecule has 36 heavy (non-hydrogen) atoms. The fourth-order valence-corrected chi connectivity index (χ4v) is 4.97. The van der Waals surface area contributed by atoms with Gasteiger partial charge in [0.2, 0.25) is 0 Å². The molecule has 0 radical (unpaired) electrons. The Bertz CT molecular complexity index is 1230. The lowest BCUT2D eigenvalue weighted by molar-refractivity contribution is -0.113. The molecule has 0 atom stereocenters. The molecular formula is C29H29NO4S2. The van der Waals surface area contributed by atoms with E-state index in [1.54, 1.807) is 4.90 Å². The summed E-state index contributed by atoms with van der Waals surface area (Å²) in [7, 11) is 0. The van der Waals surface area contributed by atoms with Crippen molar-refractivity contribution in [2.24, 2.45) is 0 Å². The van der Waals surface area contributed by atoms with Crippen LogP contribution in [0.2, 0.25) is 0 Å². The standard InChI is InChI=1S/C29H29NO4S2/c1-3-21-11-14-24(15-12-21)33-17-8-18-34-25-16-13-22(19-26(25)32-4-2)20-27-28(31)30(29(35)36-27)23-9-6-5-7-10-23/h5-7,9-16,19-20H,3-4,8,17-18H2,1-2H3. The zero-order valence-electron chi connectivity index (χ0n) is 20.4. The first-order valence-corrected chi connectivity index (χ1v) is 13.3. The fraction of sp³-hybridized carbons (Fsp3) is 0.241. The number of thiocarbonyl (C=S) groups is 1. The smallest absolute Gasteiger partial charge is 0.270 e. The number of rotatable bonds is 11. The van der Waals surface area contributed by atoms with Crippen LogP contribution in [-0.4, -0.2) is 30.0 Å². The number of thioether (sulfide) groups is 1. The normalized spacial score (nSPS) is 14.4. The maximum Gasteiger partial charge on any atom is 0.270 e. The van der Waals surface area contributed by atoms with E-state index in [0.717, 1.165) is 29.8 Å². The van der Waals surface area contributed by atoms with Gasteiger partial charge in [-0.1, -0.05) is 67.3 Å². The van der Waals surface area contributed by atoms with Crippen molar-refractivity contribution < 1.29 is 19.0 Å². The molecule has 1 saturated heterocycles. The highest BCUT2D eigenvalue weighted by atomic mass is 32.2. The average Bonchev–Trinajstić information content (AvgIpc) is 3.18. The van der Waals surface area contributed by atoms with Crippen LogP contribution >= 0.6 is 24.0 Å². The average molecular weight is 520 g/mol. The van der Waals surface area contributed by atoms with Gasteiger partial charge in [0, 0.05) is 6.42 Å². The maximum atomic E-state index is 13.0. The first-order valence-electron chi connectivity index (χ1n) is 12.0. The highest BCUT2D eigenvalue weighted by molar-refractivity contribution is 8.27. The molecule has 0 aliphatic carbocycles. The van der Waals surface area contributed by atoms with Crippen LogP contribution in [-0.2, 0) is 11.2 Å². The molecule has 0 N–H and O–H groups in total. The number of amides is 1. The van der Waals surface area contributed by atoms with Crippen molar-refractivity contribution in [2.75, 3.05) is 24.7 Å². The van der Waals surface area contributed by atoms with Gasteiger partial charge in [0.25, 0.3) is 5.91 Å². The zero-order chi connectivity index (χ0) is 25.3. The second-order valence-corrected chi connectivity index (χ2v) is 9.72. The summed E-state index contributed by atoms with van der Waals surface area (Å²) in [5, 5.41) is 0. The summed E-state index contributed by atoms with van der Waals surface area (Å²) in [6.45, 7) is 5.64. The Balaban J connectivity index is 1.37. The van der Waals surface area contributed by atoms with Gasteiger partial charge in [-0.3, -0.25) is 9.69 Å². The summed E-state index contributed by atoms with van der Waals surface area (Å²) in [5.74, 6) is 2.04. The van der Waals surface area contributed by atoms with Crippen molar-refractivity contribution >= 4 is 46.0 Å². The minimum atomic E-state index is -0.126. The van der Waals surface area contributed by atoms with E-state index in [2.05, 4.69) is 19.1 Å². The first-order chi connectivity index (χ1) is 17.6. The number of para-hydroxylation sites is 1. The van der Waals surface area contributed by atoms with E-state index >= 15 is 0 Å². The molecule has 0 spiro atoms. The van der Waals surface area contributed by atoms with E-state index in [0.29, 0.717) is 40.5 Å². The van der Waals surface area contributed by atoms with Crippen LogP contribution in [0, 0.1) is 0 Å². The highest BCUT2D eigenvalue weighted by Crippen LogP contribution is 2.37. The third-order valence-corrected chi connectivity index (χ3v) is 6.82. The van der Waals surface area contributed by atoms with Gasteiger partial charge < -0.3 is 14.2 Å². The van der Waals surface area contributed by atoms with Crippen molar-refractivity contribution in [2.45, 2.75) is 26.7 Å². The van der Waals surface area contributed by atoms with E-state index in [1.807, 2.05) is 73.7 Å². The highest BCUT2D eigenvalue weighted by Gasteiger charge is 2.33. The number of carbonyl (C=O) groups excluding carboxylic acids is 1. The van der Waals surface area contributed by atoms with Crippen LogP contribution in [0.5, 0.6) is 17.2 Å².